The first-order valence-corrected chi connectivity index (χ1v) is 5.96. The van der Waals surface area contributed by atoms with Gasteiger partial charge in [0.25, 0.3) is 5.91 Å². The number of hydrogen-bond donors (Lipinski definition) is 3. The van der Waals surface area contributed by atoms with E-state index in [4.69, 9.17) is 0 Å². The molecule has 0 aliphatic rings. The Kier molecular flexibility index (Phi) is 4.15. The summed E-state index contributed by atoms with van der Waals surface area (Å²) in [6.45, 7) is -0.173. The zero-order valence-electron chi connectivity index (χ0n) is 10.3. The number of nitrogens with one attached hydrogen (secondary N) is 1. The molecule has 98 valence electrons. The summed E-state index contributed by atoms with van der Waals surface area (Å²) in [6.07, 6.45) is 0. The Labute approximate surface area is 111 Å². The third-order valence-corrected chi connectivity index (χ3v) is 2.82. The Bertz CT molecular complexity index is 537. The van der Waals surface area contributed by atoms with Gasteiger partial charge < -0.3 is 15.5 Å². The molecule has 0 heterocycles. The van der Waals surface area contributed by atoms with Gasteiger partial charge in [0, 0.05) is 5.56 Å². The second-order valence-electron chi connectivity index (χ2n) is 4.17. The van der Waals surface area contributed by atoms with Gasteiger partial charge in [-0.3, -0.25) is 4.79 Å². The van der Waals surface area contributed by atoms with Crippen molar-refractivity contribution in [3.63, 3.8) is 0 Å². The van der Waals surface area contributed by atoms with Crippen LogP contribution in [0.15, 0.2) is 54.6 Å². The van der Waals surface area contributed by atoms with Gasteiger partial charge in [0.05, 0.1) is 12.6 Å². The van der Waals surface area contributed by atoms with Gasteiger partial charge in [0.15, 0.2) is 0 Å². The molecule has 0 aromatic heterocycles. The number of amides is 1. The molecule has 0 saturated carbocycles. The average Bonchev–Trinajstić information content (AvgIpc) is 2.46. The van der Waals surface area contributed by atoms with Gasteiger partial charge in [0.1, 0.15) is 5.75 Å². The largest absolute Gasteiger partial charge is 0.508 e. The number of aromatic hydroxyl groups is 1. The molecule has 0 unspecified atom stereocenters. The van der Waals surface area contributed by atoms with Gasteiger partial charge in [-0.1, -0.05) is 30.3 Å². The monoisotopic (exact) mass is 257 g/mol. The van der Waals surface area contributed by atoms with E-state index in [1.54, 1.807) is 0 Å². The molecular weight excluding hydrogens is 242 g/mol. The zero-order valence-corrected chi connectivity index (χ0v) is 10.3. The molecule has 1 atom stereocenters. The second kappa shape index (κ2) is 6.02. The number of phenols is 1. The van der Waals surface area contributed by atoms with Gasteiger partial charge in [-0.05, 0) is 29.8 Å². The van der Waals surface area contributed by atoms with Gasteiger partial charge >= 0.3 is 0 Å². The molecule has 2 aromatic carbocycles. The summed E-state index contributed by atoms with van der Waals surface area (Å²) in [5.74, 6) is -0.179. The molecule has 0 aliphatic heterocycles. The van der Waals surface area contributed by atoms with Crippen LogP contribution in [0.3, 0.4) is 0 Å². The highest BCUT2D eigenvalue weighted by molar-refractivity contribution is 5.94. The highest BCUT2D eigenvalue weighted by atomic mass is 16.3. The maximum atomic E-state index is 12.0. The van der Waals surface area contributed by atoms with Gasteiger partial charge in [-0.2, -0.15) is 0 Å². The smallest absolute Gasteiger partial charge is 0.251 e. The van der Waals surface area contributed by atoms with Gasteiger partial charge in [-0.25, -0.2) is 0 Å². The van der Waals surface area contributed by atoms with Crippen LogP contribution < -0.4 is 5.32 Å². The quantitative estimate of drug-likeness (QED) is 0.783. The van der Waals surface area contributed by atoms with E-state index < -0.39 is 6.04 Å². The first kappa shape index (κ1) is 13.1. The lowest BCUT2D eigenvalue weighted by Gasteiger charge is -2.16. The zero-order chi connectivity index (χ0) is 13.7. The second-order valence-corrected chi connectivity index (χ2v) is 4.17. The maximum Gasteiger partial charge on any atom is 0.251 e. The number of aliphatic hydroxyl groups excluding tert-OH is 1. The highest BCUT2D eigenvalue weighted by Crippen LogP contribution is 2.14. The fourth-order valence-electron chi connectivity index (χ4n) is 1.77. The Morgan fingerprint density at radius 1 is 1.05 bits per heavy atom. The summed E-state index contributed by atoms with van der Waals surface area (Å²) in [7, 11) is 0. The first-order valence-electron chi connectivity index (χ1n) is 5.96. The van der Waals surface area contributed by atoms with Crippen molar-refractivity contribution in [2.45, 2.75) is 6.04 Å². The number of hydrogen-bond acceptors (Lipinski definition) is 3. The summed E-state index contributed by atoms with van der Waals surface area (Å²) < 4.78 is 0. The van der Waals surface area contributed by atoms with E-state index >= 15 is 0 Å². The molecule has 2 aromatic rings. The topological polar surface area (TPSA) is 69.6 Å². The predicted octanol–water partition coefficient (Wildman–Crippen LogP) is 1.86. The van der Waals surface area contributed by atoms with Crippen LogP contribution in [0.4, 0.5) is 0 Å². The lowest BCUT2D eigenvalue weighted by Crippen LogP contribution is -2.30. The molecule has 0 radical (unpaired) electrons. The Balaban J connectivity index is 2.10. The minimum atomic E-state index is -0.442. The summed E-state index contributed by atoms with van der Waals surface area (Å²) in [5, 5.41) is 21.3. The average molecular weight is 257 g/mol. The number of aliphatic hydroxyl groups is 1. The number of carbonyl (C=O) groups excluding carboxylic acids is 1. The summed E-state index contributed by atoms with van der Waals surface area (Å²) >= 11 is 0. The summed E-state index contributed by atoms with van der Waals surface area (Å²) in [6, 6.07) is 14.8. The van der Waals surface area contributed by atoms with Crippen molar-refractivity contribution in [1.82, 2.24) is 5.32 Å². The summed E-state index contributed by atoms with van der Waals surface area (Å²) in [4.78, 5) is 12.0. The summed E-state index contributed by atoms with van der Waals surface area (Å²) in [5.41, 5.74) is 1.28. The molecule has 0 saturated heterocycles. The first-order chi connectivity index (χ1) is 9.20. The van der Waals surface area contributed by atoms with Crippen LogP contribution >= 0.6 is 0 Å². The number of rotatable bonds is 4. The Hall–Kier alpha value is -2.33. The normalized spacial score (nSPS) is 11.8. The van der Waals surface area contributed by atoms with E-state index in [1.807, 2.05) is 30.3 Å². The van der Waals surface area contributed by atoms with Crippen LogP contribution in [0.5, 0.6) is 5.75 Å². The van der Waals surface area contributed by atoms with Crippen molar-refractivity contribution in [3.05, 3.63) is 65.7 Å². The Morgan fingerprint density at radius 3 is 2.26 bits per heavy atom. The molecule has 2 rings (SSSR count). The van der Waals surface area contributed by atoms with E-state index in [1.165, 1.54) is 24.3 Å². The van der Waals surface area contributed by atoms with Crippen molar-refractivity contribution in [3.8, 4) is 5.75 Å². The molecular formula is C15H15NO3. The fraction of sp³-hybridized carbons (Fsp3) is 0.133. The number of carbonyl (C=O) groups is 1. The number of benzene rings is 2. The van der Waals surface area contributed by atoms with Crippen molar-refractivity contribution in [2.75, 3.05) is 6.61 Å². The van der Waals surface area contributed by atoms with E-state index in [2.05, 4.69) is 5.32 Å². The molecule has 1 amide bonds. The van der Waals surface area contributed by atoms with Crippen LogP contribution in [0, 0.1) is 0 Å². The van der Waals surface area contributed by atoms with E-state index in [-0.39, 0.29) is 18.3 Å². The maximum absolute atomic E-state index is 12.0. The third kappa shape index (κ3) is 3.33. The fourth-order valence-corrected chi connectivity index (χ4v) is 1.77. The van der Waals surface area contributed by atoms with Crippen LogP contribution in [0.1, 0.15) is 22.0 Å². The molecule has 0 aliphatic carbocycles. The van der Waals surface area contributed by atoms with Crippen molar-refractivity contribution in [2.24, 2.45) is 0 Å². The van der Waals surface area contributed by atoms with Crippen LogP contribution in [-0.4, -0.2) is 22.7 Å². The predicted molar refractivity (Wildman–Crippen MR) is 71.8 cm³/mol. The molecule has 0 fully saturated rings. The van der Waals surface area contributed by atoms with E-state index in [0.717, 1.165) is 5.56 Å². The molecule has 4 heteroatoms. The SMILES string of the molecule is O=C(N[C@H](CO)c1ccccc1)c1ccc(O)cc1. The Morgan fingerprint density at radius 2 is 1.68 bits per heavy atom. The van der Waals surface area contributed by atoms with E-state index in [9.17, 15) is 15.0 Å². The van der Waals surface area contributed by atoms with Crippen LogP contribution in [0.25, 0.3) is 0 Å². The number of phenolic OH excluding ortho intramolecular Hbond substituents is 1. The molecule has 0 bridgehead atoms. The molecule has 3 N–H and O–H groups in total. The lowest BCUT2D eigenvalue weighted by molar-refractivity contribution is 0.0916. The van der Waals surface area contributed by atoms with Crippen molar-refractivity contribution < 1.29 is 15.0 Å². The van der Waals surface area contributed by atoms with Gasteiger partial charge in [-0.15, -0.1) is 0 Å². The molecule has 0 spiro atoms. The molecule has 4 nitrogen and oxygen atoms in total. The van der Waals surface area contributed by atoms with Crippen LogP contribution in [-0.2, 0) is 0 Å². The minimum Gasteiger partial charge on any atom is -0.508 e. The van der Waals surface area contributed by atoms with Crippen molar-refractivity contribution in [1.29, 1.82) is 0 Å². The van der Waals surface area contributed by atoms with Gasteiger partial charge in [0.2, 0.25) is 0 Å². The lowest BCUT2D eigenvalue weighted by atomic mass is 10.1. The molecule has 19 heavy (non-hydrogen) atoms. The van der Waals surface area contributed by atoms with Crippen molar-refractivity contribution >= 4 is 5.91 Å². The standard InChI is InChI=1S/C15H15NO3/c17-10-14(11-4-2-1-3-5-11)16-15(19)12-6-8-13(18)9-7-12/h1-9,14,17-18H,10H2,(H,16,19)/t14-/m1/s1. The van der Waals surface area contributed by atoms with E-state index in [0.29, 0.717) is 5.56 Å². The minimum absolute atomic E-state index is 0.110. The highest BCUT2D eigenvalue weighted by Gasteiger charge is 2.14. The third-order valence-electron chi connectivity index (χ3n) is 2.82. The van der Waals surface area contributed by atoms with Crippen LogP contribution in [0.2, 0.25) is 0 Å².